The lowest BCUT2D eigenvalue weighted by molar-refractivity contribution is 0.0768. The number of nitrogens with two attached hydrogens (primary N) is 1. The van der Waals surface area contributed by atoms with Gasteiger partial charge in [-0.2, -0.15) is 0 Å². The van der Waals surface area contributed by atoms with E-state index in [2.05, 4.69) is 35.6 Å². The molecule has 1 radical (unpaired) electrons. The Morgan fingerprint density at radius 2 is 1.69 bits per heavy atom. The van der Waals surface area contributed by atoms with Crippen molar-refractivity contribution >= 4 is 11.8 Å². The Morgan fingerprint density at radius 3 is 2.34 bits per heavy atom. The van der Waals surface area contributed by atoms with Gasteiger partial charge in [0.25, 0.3) is 5.91 Å². The molecule has 29 heavy (non-hydrogen) atoms. The SMILES string of the molecule is Cc1cccc(C(N)=O)c1C(=O)N1CC2CN(CC[CH]c3ccccc3)C[C@H]2C1. The molecule has 5 heteroatoms. The number of carbonyl (C=O) groups is 2. The Labute approximate surface area is 172 Å². The average Bonchev–Trinajstić information content (AvgIpc) is 3.27. The largest absolute Gasteiger partial charge is 0.366 e. The van der Waals surface area contributed by atoms with E-state index in [1.165, 1.54) is 5.56 Å². The van der Waals surface area contributed by atoms with Gasteiger partial charge >= 0.3 is 0 Å². The fraction of sp³-hybridized carbons (Fsp3) is 0.375. The Balaban J connectivity index is 1.32. The van der Waals surface area contributed by atoms with Crippen LogP contribution in [0, 0.1) is 25.2 Å². The lowest BCUT2D eigenvalue weighted by atomic mass is 10.00. The van der Waals surface area contributed by atoms with Gasteiger partial charge < -0.3 is 15.5 Å². The highest BCUT2D eigenvalue weighted by Gasteiger charge is 2.42. The van der Waals surface area contributed by atoms with E-state index < -0.39 is 5.91 Å². The van der Waals surface area contributed by atoms with Crippen LogP contribution in [0.25, 0.3) is 0 Å². The number of likely N-dealkylation sites (tertiary alicyclic amines) is 2. The third kappa shape index (κ3) is 4.20. The lowest BCUT2D eigenvalue weighted by Gasteiger charge is -2.23. The quantitative estimate of drug-likeness (QED) is 0.825. The molecule has 0 aliphatic carbocycles. The predicted molar refractivity (Wildman–Crippen MR) is 113 cm³/mol. The molecule has 0 aromatic heterocycles. The lowest BCUT2D eigenvalue weighted by Crippen LogP contribution is -2.35. The van der Waals surface area contributed by atoms with E-state index in [0.717, 1.165) is 44.7 Å². The zero-order valence-electron chi connectivity index (χ0n) is 16.9. The van der Waals surface area contributed by atoms with Crippen molar-refractivity contribution in [3.05, 3.63) is 77.2 Å². The van der Waals surface area contributed by atoms with Crippen molar-refractivity contribution in [2.75, 3.05) is 32.7 Å². The van der Waals surface area contributed by atoms with Gasteiger partial charge in [-0.15, -0.1) is 0 Å². The van der Waals surface area contributed by atoms with Crippen LogP contribution in [0.1, 0.15) is 38.3 Å². The zero-order chi connectivity index (χ0) is 20.4. The fourth-order valence-corrected chi connectivity index (χ4v) is 4.76. The Kier molecular flexibility index (Phi) is 5.67. The van der Waals surface area contributed by atoms with Crippen LogP contribution in [0.2, 0.25) is 0 Å². The van der Waals surface area contributed by atoms with Gasteiger partial charge in [0, 0.05) is 26.2 Å². The first-order valence-electron chi connectivity index (χ1n) is 10.3. The summed E-state index contributed by atoms with van der Waals surface area (Å²) in [6.07, 6.45) is 3.32. The number of primary amides is 1. The topological polar surface area (TPSA) is 66.6 Å². The Morgan fingerprint density at radius 1 is 1.00 bits per heavy atom. The van der Waals surface area contributed by atoms with Crippen LogP contribution in [0.15, 0.2) is 48.5 Å². The molecule has 2 heterocycles. The number of fused-ring (bicyclic) bond motifs is 1. The third-order valence-corrected chi connectivity index (χ3v) is 6.23. The van der Waals surface area contributed by atoms with Crippen molar-refractivity contribution in [2.24, 2.45) is 17.6 Å². The predicted octanol–water partition coefficient (Wildman–Crippen LogP) is 2.74. The van der Waals surface area contributed by atoms with Gasteiger partial charge in [0.15, 0.2) is 0 Å². The summed E-state index contributed by atoms with van der Waals surface area (Å²) in [4.78, 5) is 29.3. The molecule has 2 aromatic rings. The molecular formula is C24H28N3O2. The summed E-state index contributed by atoms with van der Waals surface area (Å²) in [5, 5.41) is 0. The second-order valence-corrected chi connectivity index (χ2v) is 8.26. The molecule has 5 nitrogen and oxygen atoms in total. The number of carbonyl (C=O) groups excluding carboxylic acids is 2. The molecule has 2 aliphatic rings. The highest BCUT2D eigenvalue weighted by molar-refractivity contribution is 6.07. The van der Waals surface area contributed by atoms with E-state index in [4.69, 9.17) is 5.73 Å². The highest BCUT2D eigenvalue weighted by Crippen LogP contribution is 2.32. The van der Waals surface area contributed by atoms with Crippen LogP contribution < -0.4 is 5.73 Å². The summed E-state index contributed by atoms with van der Waals surface area (Å²) >= 11 is 0. The van der Waals surface area contributed by atoms with Gasteiger partial charge in [-0.25, -0.2) is 0 Å². The first kappa shape index (κ1) is 19.6. The molecule has 1 unspecified atom stereocenters. The molecule has 2 saturated heterocycles. The van der Waals surface area contributed by atoms with Crippen LogP contribution in [0.5, 0.6) is 0 Å². The molecule has 2 fully saturated rings. The van der Waals surface area contributed by atoms with E-state index in [1.807, 2.05) is 24.0 Å². The number of nitrogens with zero attached hydrogens (tertiary/aromatic N) is 2. The molecule has 151 valence electrons. The van der Waals surface area contributed by atoms with E-state index in [9.17, 15) is 9.59 Å². The molecule has 2 aromatic carbocycles. The van der Waals surface area contributed by atoms with E-state index in [0.29, 0.717) is 23.0 Å². The summed E-state index contributed by atoms with van der Waals surface area (Å²) in [5.74, 6) is 0.418. The maximum atomic E-state index is 13.1. The maximum absolute atomic E-state index is 13.1. The van der Waals surface area contributed by atoms with Crippen molar-refractivity contribution in [2.45, 2.75) is 13.3 Å². The number of hydrogen-bond acceptors (Lipinski definition) is 3. The maximum Gasteiger partial charge on any atom is 0.254 e. The molecule has 0 bridgehead atoms. The second kappa shape index (κ2) is 8.37. The molecule has 2 aliphatic heterocycles. The molecular weight excluding hydrogens is 362 g/mol. The van der Waals surface area contributed by atoms with Gasteiger partial charge in [0.1, 0.15) is 0 Å². The number of benzene rings is 2. The smallest absolute Gasteiger partial charge is 0.254 e. The number of hydrogen-bond donors (Lipinski definition) is 1. The summed E-state index contributed by atoms with van der Waals surface area (Å²) in [7, 11) is 0. The van der Waals surface area contributed by atoms with Crippen molar-refractivity contribution in [3.63, 3.8) is 0 Å². The molecule has 2 atom stereocenters. The van der Waals surface area contributed by atoms with Crippen molar-refractivity contribution in [3.8, 4) is 0 Å². The molecule has 4 rings (SSSR count). The van der Waals surface area contributed by atoms with Crippen LogP contribution in [0.3, 0.4) is 0 Å². The van der Waals surface area contributed by atoms with Gasteiger partial charge in [-0.05, 0) is 55.3 Å². The fourth-order valence-electron chi connectivity index (χ4n) is 4.76. The van der Waals surface area contributed by atoms with Crippen LogP contribution in [-0.4, -0.2) is 54.3 Å². The third-order valence-electron chi connectivity index (χ3n) is 6.23. The van der Waals surface area contributed by atoms with Crippen LogP contribution in [-0.2, 0) is 0 Å². The van der Waals surface area contributed by atoms with Gasteiger partial charge in [-0.3, -0.25) is 9.59 Å². The van der Waals surface area contributed by atoms with E-state index in [-0.39, 0.29) is 5.91 Å². The minimum absolute atomic E-state index is 0.0599. The standard InChI is InChI=1S/C24H28N3O2/c1-17-7-5-11-21(23(25)28)22(17)24(29)27-15-19-13-26(14-20(19)16-27)12-6-10-18-8-3-2-4-9-18/h2-5,7-11,19-20H,6,12-16H2,1H3,(H2,25,28)/t19-,20?/m0/s1. The summed E-state index contributed by atoms with van der Waals surface area (Å²) in [6.45, 7) is 6.51. The van der Waals surface area contributed by atoms with Crippen LogP contribution in [0.4, 0.5) is 0 Å². The number of rotatable bonds is 6. The second-order valence-electron chi connectivity index (χ2n) is 8.26. The summed E-state index contributed by atoms with van der Waals surface area (Å²) in [5.41, 5.74) is 8.37. The van der Waals surface area contributed by atoms with Gasteiger partial charge in [0.05, 0.1) is 11.1 Å². The normalized spacial score (nSPS) is 21.3. The monoisotopic (exact) mass is 390 g/mol. The van der Waals surface area contributed by atoms with Crippen molar-refractivity contribution in [1.29, 1.82) is 0 Å². The summed E-state index contributed by atoms with van der Waals surface area (Å²) in [6, 6.07) is 15.7. The molecule has 0 spiro atoms. The van der Waals surface area contributed by atoms with Crippen molar-refractivity contribution < 1.29 is 9.59 Å². The molecule has 0 saturated carbocycles. The van der Waals surface area contributed by atoms with Crippen LogP contribution >= 0.6 is 0 Å². The number of aryl methyl sites for hydroxylation is 1. The first-order valence-corrected chi connectivity index (χ1v) is 10.3. The van der Waals surface area contributed by atoms with Crippen molar-refractivity contribution in [1.82, 2.24) is 9.80 Å². The minimum atomic E-state index is -0.544. The zero-order valence-corrected chi connectivity index (χ0v) is 16.9. The molecule has 2 amide bonds. The minimum Gasteiger partial charge on any atom is -0.366 e. The Bertz CT molecular complexity index is 882. The Hall–Kier alpha value is -2.66. The highest BCUT2D eigenvalue weighted by atomic mass is 16.2. The molecule has 2 N–H and O–H groups in total. The van der Waals surface area contributed by atoms with E-state index >= 15 is 0 Å². The first-order chi connectivity index (χ1) is 14.0. The van der Waals surface area contributed by atoms with Gasteiger partial charge in [-0.1, -0.05) is 42.5 Å². The summed E-state index contributed by atoms with van der Waals surface area (Å²) < 4.78 is 0. The van der Waals surface area contributed by atoms with E-state index in [1.54, 1.807) is 12.1 Å². The van der Waals surface area contributed by atoms with Gasteiger partial charge in [0.2, 0.25) is 5.91 Å². The average molecular weight is 391 g/mol. The number of amides is 2.